The second-order valence-electron chi connectivity index (χ2n) is 7.21. The monoisotopic (exact) mass is 344 g/mol. The quantitative estimate of drug-likeness (QED) is 0.771. The summed E-state index contributed by atoms with van der Waals surface area (Å²) in [7, 11) is 0. The number of carbonyl (C=O) groups excluding carboxylic acids is 2. The third-order valence-corrected chi connectivity index (χ3v) is 5.72. The molecule has 2 amide bonds. The number of nitrogens with zero attached hydrogens (tertiary/aromatic N) is 2. The van der Waals surface area contributed by atoms with Gasteiger partial charge in [-0.25, -0.2) is 4.39 Å². The Bertz CT molecular complexity index is 690. The molecular formula is C20H25FN2O2. The van der Waals surface area contributed by atoms with Crippen molar-refractivity contribution in [3.63, 3.8) is 0 Å². The van der Waals surface area contributed by atoms with E-state index in [0.29, 0.717) is 31.6 Å². The minimum atomic E-state index is -0.448. The molecule has 2 atom stereocenters. The normalized spacial score (nSPS) is 25.8. The summed E-state index contributed by atoms with van der Waals surface area (Å²) in [4.78, 5) is 29.0. The molecule has 0 aliphatic carbocycles. The van der Waals surface area contributed by atoms with Crippen LogP contribution in [0.25, 0.3) is 0 Å². The van der Waals surface area contributed by atoms with Gasteiger partial charge in [-0.15, -0.1) is 6.58 Å². The lowest BCUT2D eigenvalue weighted by molar-refractivity contribution is -0.137. The van der Waals surface area contributed by atoms with Gasteiger partial charge in [0, 0.05) is 32.6 Å². The molecule has 25 heavy (non-hydrogen) atoms. The standard InChI is InChI=1S/C20H25FN2O2/c1-3-11-22-12-10-20(19(22)25)14-23(13-15(20)2)18(24)9-8-16-6-4-5-7-17(16)21/h3-7,15H,1,8-14H2,2H3/t15-,20-/m1/s1. The molecule has 2 heterocycles. The van der Waals surface area contributed by atoms with Gasteiger partial charge < -0.3 is 9.80 Å². The second-order valence-corrected chi connectivity index (χ2v) is 7.21. The maximum Gasteiger partial charge on any atom is 0.231 e. The van der Waals surface area contributed by atoms with Crippen molar-refractivity contribution < 1.29 is 14.0 Å². The van der Waals surface area contributed by atoms with Crippen molar-refractivity contribution in [2.75, 3.05) is 26.2 Å². The SMILES string of the molecule is C=CCN1CC[C@]2(CN(C(=O)CCc3ccccc3F)C[C@H]2C)C1=O. The lowest BCUT2D eigenvalue weighted by Crippen LogP contribution is -2.40. The van der Waals surface area contributed by atoms with Crippen LogP contribution in [0.4, 0.5) is 4.39 Å². The van der Waals surface area contributed by atoms with Gasteiger partial charge in [0.2, 0.25) is 11.8 Å². The van der Waals surface area contributed by atoms with Crippen LogP contribution in [0.1, 0.15) is 25.3 Å². The summed E-state index contributed by atoms with van der Waals surface area (Å²) in [5.74, 6) is 0.0195. The van der Waals surface area contributed by atoms with Crippen LogP contribution in [0.3, 0.4) is 0 Å². The topological polar surface area (TPSA) is 40.6 Å². The van der Waals surface area contributed by atoms with Crippen molar-refractivity contribution in [3.05, 3.63) is 48.3 Å². The van der Waals surface area contributed by atoms with E-state index in [9.17, 15) is 14.0 Å². The average molecular weight is 344 g/mol. The maximum atomic E-state index is 13.7. The summed E-state index contributed by atoms with van der Waals surface area (Å²) in [5, 5.41) is 0. The number of carbonyl (C=O) groups is 2. The van der Waals surface area contributed by atoms with Crippen LogP contribution in [-0.2, 0) is 16.0 Å². The molecule has 1 aromatic rings. The highest BCUT2D eigenvalue weighted by molar-refractivity contribution is 5.87. The molecule has 0 radical (unpaired) electrons. The van der Waals surface area contributed by atoms with Gasteiger partial charge in [-0.05, 0) is 30.4 Å². The van der Waals surface area contributed by atoms with Gasteiger partial charge in [0.25, 0.3) is 0 Å². The molecule has 1 spiro atoms. The van der Waals surface area contributed by atoms with E-state index in [1.54, 1.807) is 29.2 Å². The van der Waals surface area contributed by atoms with E-state index >= 15 is 0 Å². The number of hydrogen-bond acceptors (Lipinski definition) is 2. The average Bonchev–Trinajstić information content (AvgIpc) is 3.10. The number of rotatable bonds is 5. The first-order chi connectivity index (χ1) is 12.0. The van der Waals surface area contributed by atoms with Crippen molar-refractivity contribution in [1.29, 1.82) is 0 Å². The summed E-state index contributed by atoms with van der Waals surface area (Å²) in [6.45, 7) is 8.14. The molecule has 3 rings (SSSR count). The fraction of sp³-hybridized carbons (Fsp3) is 0.500. The Hall–Kier alpha value is -2.17. The summed E-state index contributed by atoms with van der Waals surface area (Å²) in [6, 6.07) is 6.55. The van der Waals surface area contributed by atoms with Crippen LogP contribution in [0.2, 0.25) is 0 Å². The van der Waals surface area contributed by atoms with E-state index in [1.165, 1.54) is 6.07 Å². The molecule has 2 fully saturated rings. The van der Waals surface area contributed by atoms with E-state index in [1.807, 2.05) is 4.90 Å². The summed E-state index contributed by atoms with van der Waals surface area (Å²) in [5.41, 5.74) is 0.114. The Labute approximate surface area is 148 Å². The fourth-order valence-electron chi connectivity index (χ4n) is 4.15. The van der Waals surface area contributed by atoms with Crippen LogP contribution in [0, 0.1) is 17.2 Å². The minimum absolute atomic E-state index is 0.00180. The fourth-order valence-corrected chi connectivity index (χ4v) is 4.15. The van der Waals surface area contributed by atoms with Gasteiger partial charge in [0.1, 0.15) is 5.82 Å². The zero-order valence-corrected chi connectivity index (χ0v) is 14.7. The van der Waals surface area contributed by atoms with E-state index in [2.05, 4.69) is 13.5 Å². The molecule has 0 bridgehead atoms. The van der Waals surface area contributed by atoms with Gasteiger partial charge in [-0.1, -0.05) is 31.2 Å². The van der Waals surface area contributed by atoms with Crippen molar-refractivity contribution in [2.45, 2.75) is 26.2 Å². The molecule has 4 nitrogen and oxygen atoms in total. The smallest absolute Gasteiger partial charge is 0.231 e. The molecule has 0 saturated carbocycles. The summed E-state index contributed by atoms with van der Waals surface area (Å²) < 4.78 is 13.7. The van der Waals surface area contributed by atoms with Crippen LogP contribution in [0.15, 0.2) is 36.9 Å². The van der Waals surface area contributed by atoms with Crippen LogP contribution in [-0.4, -0.2) is 47.8 Å². The number of aryl methyl sites for hydroxylation is 1. The van der Waals surface area contributed by atoms with Gasteiger partial charge in [-0.2, -0.15) is 0 Å². The Morgan fingerprint density at radius 3 is 2.92 bits per heavy atom. The molecule has 0 unspecified atom stereocenters. The Morgan fingerprint density at radius 1 is 1.44 bits per heavy atom. The number of amides is 2. The van der Waals surface area contributed by atoms with E-state index in [0.717, 1.165) is 13.0 Å². The first-order valence-corrected chi connectivity index (χ1v) is 8.89. The highest BCUT2D eigenvalue weighted by Gasteiger charge is 2.55. The molecule has 5 heteroatoms. The number of benzene rings is 1. The first kappa shape index (κ1) is 17.6. The third-order valence-electron chi connectivity index (χ3n) is 5.72. The molecule has 134 valence electrons. The summed E-state index contributed by atoms with van der Waals surface area (Å²) in [6.07, 6.45) is 3.19. The van der Waals surface area contributed by atoms with Crippen molar-refractivity contribution in [2.24, 2.45) is 11.3 Å². The molecule has 2 aliphatic rings. The lowest BCUT2D eigenvalue weighted by Gasteiger charge is -2.26. The zero-order valence-electron chi connectivity index (χ0n) is 14.7. The van der Waals surface area contributed by atoms with E-state index < -0.39 is 5.41 Å². The largest absolute Gasteiger partial charge is 0.341 e. The second kappa shape index (κ2) is 6.98. The molecular weight excluding hydrogens is 319 g/mol. The van der Waals surface area contributed by atoms with Crippen LogP contribution in [0.5, 0.6) is 0 Å². The van der Waals surface area contributed by atoms with E-state index in [-0.39, 0.29) is 30.0 Å². The van der Waals surface area contributed by atoms with Crippen LogP contribution >= 0.6 is 0 Å². The minimum Gasteiger partial charge on any atom is -0.341 e. The van der Waals surface area contributed by atoms with Gasteiger partial charge in [0.05, 0.1) is 5.41 Å². The molecule has 0 aromatic heterocycles. The number of likely N-dealkylation sites (tertiary alicyclic amines) is 2. The zero-order chi connectivity index (χ0) is 18.0. The lowest BCUT2D eigenvalue weighted by atomic mass is 9.78. The third kappa shape index (κ3) is 3.20. The Morgan fingerprint density at radius 2 is 2.20 bits per heavy atom. The molecule has 1 aromatic carbocycles. The molecule has 2 aliphatic heterocycles. The predicted molar refractivity (Wildman–Crippen MR) is 94.3 cm³/mol. The van der Waals surface area contributed by atoms with Crippen molar-refractivity contribution in [1.82, 2.24) is 9.80 Å². The van der Waals surface area contributed by atoms with Gasteiger partial charge >= 0.3 is 0 Å². The van der Waals surface area contributed by atoms with Crippen molar-refractivity contribution in [3.8, 4) is 0 Å². The maximum absolute atomic E-state index is 13.7. The number of halogens is 1. The Kier molecular flexibility index (Phi) is 4.93. The molecule has 2 saturated heterocycles. The summed E-state index contributed by atoms with van der Waals surface area (Å²) >= 11 is 0. The molecule has 0 N–H and O–H groups in total. The van der Waals surface area contributed by atoms with Gasteiger partial charge in [0.15, 0.2) is 0 Å². The van der Waals surface area contributed by atoms with E-state index in [4.69, 9.17) is 0 Å². The Balaban J connectivity index is 1.63. The van der Waals surface area contributed by atoms with Crippen molar-refractivity contribution >= 4 is 11.8 Å². The highest BCUT2D eigenvalue weighted by Crippen LogP contribution is 2.44. The highest BCUT2D eigenvalue weighted by atomic mass is 19.1. The number of hydrogen-bond donors (Lipinski definition) is 0. The van der Waals surface area contributed by atoms with Gasteiger partial charge in [-0.3, -0.25) is 9.59 Å². The van der Waals surface area contributed by atoms with Crippen LogP contribution < -0.4 is 0 Å². The first-order valence-electron chi connectivity index (χ1n) is 8.89. The predicted octanol–water partition coefficient (Wildman–Crippen LogP) is 2.64.